The van der Waals surface area contributed by atoms with Crippen LogP contribution >= 0.6 is 11.8 Å². The Labute approximate surface area is 75.9 Å². The molecular formula is C7H13N3OS. The van der Waals surface area contributed by atoms with Gasteiger partial charge in [-0.25, -0.2) is 0 Å². The number of aryl methyl sites for hydroxylation is 1. The molecule has 1 rings (SSSR count). The zero-order valence-electron chi connectivity index (χ0n) is 7.28. The highest BCUT2D eigenvalue weighted by Gasteiger charge is 2.10. The SMILES string of the molecule is CCC(CN)Sc1nnc(C)o1. The van der Waals surface area contributed by atoms with Crippen molar-refractivity contribution in [3.05, 3.63) is 5.89 Å². The van der Waals surface area contributed by atoms with Crippen molar-refractivity contribution < 1.29 is 4.42 Å². The number of rotatable bonds is 4. The van der Waals surface area contributed by atoms with E-state index in [4.69, 9.17) is 10.2 Å². The van der Waals surface area contributed by atoms with Crippen molar-refractivity contribution in [2.75, 3.05) is 6.54 Å². The minimum Gasteiger partial charge on any atom is -0.416 e. The highest BCUT2D eigenvalue weighted by molar-refractivity contribution is 7.99. The van der Waals surface area contributed by atoms with E-state index in [0.717, 1.165) is 6.42 Å². The third-order valence-corrected chi connectivity index (χ3v) is 2.72. The average Bonchev–Trinajstić information content (AvgIpc) is 2.47. The molecule has 0 aromatic carbocycles. The molecule has 0 amide bonds. The first-order valence-corrected chi connectivity index (χ1v) is 4.81. The predicted octanol–water partition coefficient (Wildman–Crippen LogP) is 1.21. The molecule has 0 bridgehead atoms. The highest BCUT2D eigenvalue weighted by atomic mass is 32.2. The predicted molar refractivity (Wildman–Crippen MR) is 48.0 cm³/mol. The van der Waals surface area contributed by atoms with E-state index >= 15 is 0 Å². The van der Waals surface area contributed by atoms with Crippen LogP contribution in [-0.2, 0) is 0 Å². The van der Waals surface area contributed by atoms with Gasteiger partial charge < -0.3 is 10.2 Å². The topological polar surface area (TPSA) is 64.9 Å². The Bertz CT molecular complexity index is 234. The van der Waals surface area contributed by atoms with Crippen LogP contribution < -0.4 is 5.73 Å². The molecule has 1 atom stereocenters. The molecule has 1 aromatic heterocycles. The molecule has 1 unspecified atom stereocenters. The van der Waals surface area contributed by atoms with Crippen molar-refractivity contribution in [3.8, 4) is 0 Å². The lowest BCUT2D eigenvalue weighted by Gasteiger charge is -2.06. The molecule has 0 aliphatic rings. The summed E-state index contributed by atoms with van der Waals surface area (Å²) in [4.78, 5) is 0. The summed E-state index contributed by atoms with van der Waals surface area (Å²) in [5.41, 5.74) is 5.53. The molecule has 0 aliphatic heterocycles. The lowest BCUT2D eigenvalue weighted by Crippen LogP contribution is -2.15. The first-order chi connectivity index (χ1) is 5.76. The largest absolute Gasteiger partial charge is 0.416 e. The van der Waals surface area contributed by atoms with Gasteiger partial charge in [-0.3, -0.25) is 0 Å². The van der Waals surface area contributed by atoms with Crippen LogP contribution in [0.25, 0.3) is 0 Å². The van der Waals surface area contributed by atoms with E-state index in [1.54, 1.807) is 18.7 Å². The monoisotopic (exact) mass is 187 g/mol. The second kappa shape index (κ2) is 4.47. The van der Waals surface area contributed by atoms with E-state index in [0.29, 0.717) is 22.9 Å². The number of thioether (sulfide) groups is 1. The normalized spacial score (nSPS) is 13.2. The average molecular weight is 187 g/mol. The second-order valence-electron chi connectivity index (χ2n) is 2.47. The molecular weight excluding hydrogens is 174 g/mol. The molecule has 0 fully saturated rings. The Balaban J connectivity index is 2.50. The Morgan fingerprint density at radius 2 is 2.33 bits per heavy atom. The summed E-state index contributed by atoms with van der Waals surface area (Å²) >= 11 is 1.54. The Hall–Kier alpha value is -0.550. The van der Waals surface area contributed by atoms with Gasteiger partial charge in [0.2, 0.25) is 5.89 Å². The van der Waals surface area contributed by atoms with Crippen molar-refractivity contribution in [1.82, 2.24) is 10.2 Å². The third kappa shape index (κ3) is 2.49. The number of hydrogen-bond donors (Lipinski definition) is 1. The molecule has 5 heteroatoms. The fourth-order valence-corrected chi connectivity index (χ4v) is 1.57. The van der Waals surface area contributed by atoms with Gasteiger partial charge in [0.25, 0.3) is 5.22 Å². The van der Waals surface area contributed by atoms with Gasteiger partial charge in [-0.1, -0.05) is 18.7 Å². The number of hydrogen-bond acceptors (Lipinski definition) is 5. The van der Waals surface area contributed by atoms with Gasteiger partial charge in [0.15, 0.2) is 0 Å². The second-order valence-corrected chi connectivity index (χ2v) is 3.72. The smallest absolute Gasteiger partial charge is 0.276 e. The maximum absolute atomic E-state index is 5.53. The lowest BCUT2D eigenvalue weighted by molar-refractivity contribution is 0.428. The van der Waals surface area contributed by atoms with E-state index in [9.17, 15) is 0 Å². The van der Waals surface area contributed by atoms with Crippen molar-refractivity contribution in [2.45, 2.75) is 30.7 Å². The number of aromatic nitrogens is 2. The van der Waals surface area contributed by atoms with Crippen molar-refractivity contribution >= 4 is 11.8 Å². The summed E-state index contributed by atoms with van der Waals surface area (Å²) in [5.74, 6) is 0.601. The molecule has 0 aliphatic carbocycles. The number of nitrogens with two attached hydrogens (primary N) is 1. The molecule has 2 N–H and O–H groups in total. The molecule has 1 heterocycles. The van der Waals surface area contributed by atoms with Crippen LogP contribution in [0.5, 0.6) is 0 Å². The fourth-order valence-electron chi connectivity index (χ4n) is 0.767. The Morgan fingerprint density at radius 3 is 2.75 bits per heavy atom. The molecule has 0 saturated carbocycles. The summed E-state index contributed by atoms with van der Waals surface area (Å²) < 4.78 is 5.20. The van der Waals surface area contributed by atoms with Gasteiger partial charge in [0.05, 0.1) is 0 Å². The highest BCUT2D eigenvalue weighted by Crippen LogP contribution is 2.22. The van der Waals surface area contributed by atoms with Crippen molar-refractivity contribution in [1.29, 1.82) is 0 Å². The van der Waals surface area contributed by atoms with Gasteiger partial charge in [0.1, 0.15) is 0 Å². The van der Waals surface area contributed by atoms with Crippen molar-refractivity contribution in [3.63, 3.8) is 0 Å². The summed E-state index contributed by atoms with van der Waals surface area (Å²) in [5, 5.41) is 8.60. The van der Waals surface area contributed by atoms with Gasteiger partial charge in [-0.15, -0.1) is 10.2 Å². The van der Waals surface area contributed by atoms with Crippen LogP contribution in [0, 0.1) is 6.92 Å². The molecule has 12 heavy (non-hydrogen) atoms. The molecule has 68 valence electrons. The first kappa shape index (κ1) is 9.54. The molecule has 0 saturated heterocycles. The Morgan fingerprint density at radius 1 is 1.58 bits per heavy atom. The molecule has 0 radical (unpaired) electrons. The summed E-state index contributed by atoms with van der Waals surface area (Å²) in [6.45, 7) is 4.51. The van der Waals surface area contributed by atoms with E-state index < -0.39 is 0 Å². The summed E-state index contributed by atoms with van der Waals surface area (Å²) in [6.07, 6.45) is 1.02. The third-order valence-electron chi connectivity index (χ3n) is 1.49. The zero-order valence-corrected chi connectivity index (χ0v) is 8.10. The fraction of sp³-hybridized carbons (Fsp3) is 0.714. The minimum atomic E-state index is 0.379. The van der Waals surface area contributed by atoms with E-state index in [1.807, 2.05) is 0 Å². The molecule has 1 aromatic rings. The Kier molecular flexibility index (Phi) is 3.55. The van der Waals surface area contributed by atoms with Crippen LogP contribution in [0.3, 0.4) is 0 Å². The van der Waals surface area contributed by atoms with Gasteiger partial charge in [-0.05, 0) is 6.42 Å². The minimum absolute atomic E-state index is 0.379. The van der Waals surface area contributed by atoms with Crippen LogP contribution in [0.1, 0.15) is 19.2 Å². The molecule has 4 nitrogen and oxygen atoms in total. The maximum atomic E-state index is 5.53. The number of nitrogens with zero attached hydrogens (tertiary/aromatic N) is 2. The van der Waals surface area contributed by atoms with Crippen LogP contribution in [0.2, 0.25) is 0 Å². The summed E-state index contributed by atoms with van der Waals surface area (Å²) in [6, 6.07) is 0. The maximum Gasteiger partial charge on any atom is 0.276 e. The van der Waals surface area contributed by atoms with Crippen LogP contribution in [-0.4, -0.2) is 22.0 Å². The zero-order chi connectivity index (χ0) is 8.97. The van der Waals surface area contributed by atoms with Crippen LogP contribution in [0.15, 0.2) is 9.64 Å². The van der Waals surface area contributed by atoms with Crippen LogP contribution in [0.4, 0.5) is 0 Å². The van der Waals surface area contributed by atoms with Gasteiger partial charge >= 0.3 is 0 Å². The van der Waals surface area contributed by atoms with Crippen molar-refractivity contribution in [2.24, 2.45) is 5.73 Å². The van der Waals surface area contributed by atoms with Gasteiger partial charge in [-0.2, -0.15) is 0 Å². The van der Waals surface area contributed by atoms with E-state index in [1.165, 1.54) is 0 Å². The standard InChI is InChI=1S/C7H13N3OS/c1-3-6(4-8)12-7-10-9-5(2)11-7/h6H,3-4,8H2,1-2H3. The van der Waals surface area contributed by atoms with E-state index in [-0.39, 0.29) is 0 Å². The first-order valence-electron chi connectivity index (χ1n) is 3.93. The quantitative estimate of drug-likeness (QED) is 0.718. The lowest BCUT2D eigenvalue weighted by atomic mass is 10.3. The summed E-state index contributed by atoms with van der Waals surface area (Å²) in [7, 11) is 0. The van der Waals surface area contributed by atoms with E-state index in [2.05, 4.69) is 17.1 Å². The van der Waals surface area contributed by atoms with Gasteiger partial charge in [0, 0.05) is 18.7 Å². The molecule has 0 spiro atoms.